The van der Waals surface area contributed by atoms with Crippen molar-refractivity contribution < 1.29 is 66.9 Å². The molecule has 3 saturated heterocycles. The van der Waals surface area contributed by atoms with E-state index in [-0.39, 0.29) is 70.2 Å². The van der Waals surface area contributed by atoms with Gasteiger partial charge in [-0.1, -0.05) is 0 Å². The smallest absolute Gasteiger partial charge is 0.325 e. The molecule has 0 aliphatic carbocycles. The summed E-state index contributed by atoms with van der Waals surface area (Å²) in [6.07, 6.45) is -5.21. The van der Waals surface area contributed by atoms with Crippen LogP contribution in [0.5, 0.6) is 0 Å². The molecular weight excluding hydrogens is 957 g/mol. The average molecular weight is 998 g/mol. The predicted octanol–water partition coefficient (Wildman–Crippen LogP) is -0.826. The van der Waals surface area contributed by atoms with Gasteiger partial charge in [0.25, 0.3) is 0 Å². The second-order valence-electron chi connectivity index (χ2n) is 15.1. The molecule has 11 N–H and O–H groups in total. The van der Waals surface area contributed by atoms with Gasteiger partial charge >= 0.3 is 19.4 Å². The predicted molar refractivity (Wildman–Crippen MR) is 230 cm³/mol. The van der Waals surface area contributed by atoms with Crippen molar-refractivity contribution in [3.63, 3.8) is 0 Å². The molecule has 29 nitrogen and oxygen atoms in total. The van der Waals surface area contributed by atoms with Crippen LogP contribution in [0, 0.1) is 0 Å². The van der Waals surface area contributed by atoms with Crippen LogP contribution in [0.3, 0.4) is 0 Å². The lowest BCUT2D eigenvalue weighted by molar-refractivity contribution is -0.138. The Hall–Kier alpha value is -4.66. The lowest BCUT2D eigenvalue weighted by atomic mass is 10.1. The molecule has 0 spiro atoms. The molecule has 6 aromatic rings. The Morgan fingerprint density at radius 3 is 1.71 bits per heavy atom. The number of carbonyl (C=O) groups is 1. The highest BCUT2D eigenvalue weighted by Crippen LogP contribution is 2.53. The molecule has 13 atom stereocenters. The van der Waals surface area contributed by atoms with E-state index in [1.807, 2.05) is 0 Å². The molecule has 3 aliphatic heterocycles. The molecule has 66 heavy (non-hydrogen) atoms. The van der Waals surface area contributed by atoms with Crippen LogP contribution in [0.25, 0.3) is 33.5 Å². The molecule has 6 aromatic heterocycles. The standard InChI is InChI=1S/C33H41N15O14P2S2/c1-55-23-16(6-57-63(53,65)61-14-4-13(2-3-17(49)50)58-31(14)46-10-43-18-25(34)37-7-40-28(18)46)60-33(48-12-45-20-27(36)39-9-42-30(20)48)24(23)62-64(54,66)56-5-15-21(51)22(52)32(59-15)47-11-44-19-26(35)38-8-41-29(19)47/h7-16,21-24,31-33,51-52H,2-6H2,1H3,(H,49,50)(H,53,65)(H,54,66)(H2,34,37,40)(H2,35,38,41)(H2,36,39,42)/t13-,14-,15-,16-,21-,22-,23-,24-,31-,32-,33-,63?,64?/m1/s1. The number of imidazole rings is 3. The monoisotopic (exact) mass is 997 g/mol. The number of carboxylic acid groups (broad SMARTS) is 1. The van der Waals surface area contributed by atoms with E-state index in [2.05, 4.69) is 44.9 Å². The van der Waals surface area contributed by atoms with Crippen molar-refractivity contribution in [3.05, 3.63) is 38.0 Å². The molecule has 3 fully saturated rings. The maximum absolute atomic E-state index is 11.6. The molecule has 0 radical (unpaired) electrons. The SMILES string of the molecule is CO[C@H]1[C@@H](OP(O)(=S)OC[C@H]2O[C@@H](n3cnc4c(N)ncnc43)[C@H](O)[C@@H]2O)[C@H](n2cnc3c(N)ncnc32)O[C@@H]1COP(O)(=S)O[C@@H]1C[C@@H](CCC(=O)O)O[C@H]1n1cnc2c(N)ncnc21. The summed E-state index contributed by atoms with van der Waals surface area (Å²) in [4.78, 5) is 71.9. The van der Waals surface area contributed by atoms with Gasteiger partial charge in [-0.05, 0) is 30.0 Å². The maximum atomic E-state index is 11.6. The summed E-state index contributed by atoms with van der Waals surface area (Å²) in [5.41, 5.74) is 19.4. The average Bonchev–Trinajstić information content (AvgIpc) is 4.14. The summed E-state index contributed by atoms with van der Waals surface area (Å²) in [6.45, 7) is -9.61. The van der Waals surface area contributed by atoms with Gasteiger partial charge in [0.15, 0.2) is 53.1 Å². The summed E-state index contributed by atoms with van der Waals surface area (Å²) in [7, 11) is 1.32. The summed E-state index contributed by atoms with van der Waals surface area (Å²) in [6, 6.07) is 0. The van der Waals surface area contributed by atoms with Crippen molar-refractivity contribution in [1.29, 1.82) is 0 Å². The van der Waals surface area contributed by atoms with Gasteiger partial charge < -0.3 is 74.8 Å². The van der Waals surface area contributed by atoms with E-state index < -0.39 is 100 Å². The zero-order valence-corrected chi connectivity index (χ0v) is 37.5. The number of nitrogens with zero attached hydrogens (tertiary/aromatic N) is 12. The second-order valence-corrected chi connectivity index (χ2v) is 20.7. The third-order valence-corrected chi connectivity index (χ3v) is 14.2. The molecule has 33 heteroatoms. The van der Waals surface area contributed by atoms with Gasteiger partial charge in [0.05, 0.1) is 38.3 Å². The summed E-state index contributed by atoms with van der Waals surface area (Å²) in [5, 5.41) is 31.3. The topological polar surface area (TPSA) is 401 Å². The van der Waals surface area contributed by atoms with Gasteiger partial charge in [-0.2, -0.15) is 0 Å². The molecule has 0 aromatic carbocycles. The van der Waals surface area contributed by atoms with Gasteiger partial charge in [-0.25, -0.2) is 44.9 Å². The van der Waals surface area contributed by atoms with Crippen LogP contribution in [0.15, 0.2) is 38.0 Å². The Balaban J connectivity index is 0.921. The Labute approximate surface area is 380 Å². The normalized spacial score (nSPS) is 29.8. The van der Waals surface area contributed by atoms with Gasteiger partial charge in [-0.3, -0.25) is 23.0 Å². The number of aliphatic carboxylic acids is 1. The molecule has 9 heterocycles. The third-order valence-electron chi connectivity index (χ3n) is 11.0. The van der Waals surface area contributed by atoms with E-state index in [0.717, 1.165) is 0 Å². The van der Waals surface area contributed by atoms with Crippen molar-refractivity contribution >= 4 is 94.0 Å². The zero-order chi connectivity index (χ0) is 46.7. The number of carboxylic acids is 1. The largest absolute Gasteiger partial charge is 0.481 e. The minimum Gasteiger partial charge on any atom is -0.481 e. The second kappa shape index (κ2) is 18.4. The number of fused-ring (bicyclic) bond motifs is 3. The molecule has 2 unspecified atom stereocenters. The van der Waals surface area contributed by atoms with Gasteiger partial charge in [0.1, 0.15) is 78.3 Å². The van der Waals surface area contributed by atoms with Crippen LogP contribution in [-0.2, 0) is 65.5 Å². The van der Waals surface area contributed by atoms with E-state index in [9.17, 15) is 29.9 Å². The van der Waals surface area contributed by atoms with E-state index in [0.29, 0.717) is 0 Å². The quantitative estimate of drug-likeness (QED) is 0.0517. The van der Waals surface area contributed by atoms with Gasteiger partial charge in [0, 0.05) is 20.0 Å². The fourth-order valence-corrected chi connectivity index (χ4v) is 10.8. The number of aromatic nitrogens is 12. The summed E-state index contributed by atoms with van der Waals surface area (Å²) in [5.74, 6) is -0.774. The number of aliphatic hydroxyl groups excluding tert-OH is 2. The number of anilines is 3. The van der Waals surface area contributed by atoms with E-state index in [1.165, 1.54) is 58.8 Å². The number of ether oxygens (including phenoxy) is 4. The van der Waals surface area contributed by atoms with Crippen LogP contribution in [0.1, 0.15) is 37.9 Å². The first-order valence-corrected chi connectivity index (χ1v) is 24.9. The van der Waals surface area contributed by atoms with Crippen LogP contribution in [0.4, 0.5) is 17.5 Å². The Kier molecular flexibility index (Phi) is 13.0. The number of methoxy groups -OCH3 is 1. The summed E-state index contributed by atoms with van der Waals surface area (Å²) >= 11 is 11.0. The van der Waals surface area contributed by atoms with Crippen LogP contribution in [0.2, 0.25) is 0 Å². The molecule has 0 saturated carbocycles. The first-order chi connectivity index (χ1) is 31.5. The molecule has 9 rings (SSSR count). The number of nitrogen functional groups attached to an aromatic ring is 3. The Morgan fingerprint density at radius 1 is 0.697 bits per heavy atom. The number of nitrogens with two attached hydrogens (primary N) is 3. The van der Waals surface area contributed by atoms with Crippen molar-refractivity contribution in [3.8, 4) is 0 Å². The summed E-state index contributed by atoms with van der Waals surface area (Å²) < 4.78 is 52.5. The molecule has 0 amide bonds. The lowest BCUT2D eigenvalue weighted by Crippen LogP contribution is -2.37. The lowest BCUT2D eigenvalue weighted by Gasteiger charge is -2.28. The van der Waals surface area contributed by atoms with Gasteiger partial charge in [-0.15, -0.1) is 0 Å². The highest BCUT2D eigenvalue weighted by molar-refractivity contribution is 8.07. The number of hydrogen-bond acceptors (Lipinski definition) is 25. The minimum absolute atomic E-state index is 0.0559. The fraction of sp³-hybridized carbons (Fsp3) is 0.515. The van der Waals surface area contributed by atoms with Crippen molar-refractivity contribution in [2.45, 2.75) is 86.8 Å². The molecule has 3 aliphatic rings. The number of hydrogen-bond donors (Lipinski definition) is 8. The van der Waals surface area contributed by atoms with Crippen LogP contribution >= 0.6 is 13.4 Å². The van der Waals surface area contributed by atoms with Crippen molar-refractivity contribution in [2.24, 2.45) is 0 Å². The Morgan fingerprint density at radius 2 is 1.18 bits per heavy atom. The van der Waals surface area contributed by atoms with Crippen LogP contribution < -0.4 is 17.2 Å². The van der Waals surface area contributed by atoms with Gasteiger partial charge in [0.2, 0.25) is 0 Å². The Bertz CT molecular complexity index is 2860. The van der Waals surface area contributed by atoms with Crippen molar-refractivity contribution in [2.75, 3.05) is 37.5 Å². The fourth-order valence-electron chi connectivity index (χ4n) is 7.98. The van der Waals surface area contributed by atoms with Crippen LogP contribution in [-0.4, -0.2) is 159 Å². The first kappa shape index (κ1) is 46.5. The highest BCUT2D eigenvalue weighted by Gasteiger charge is 2.52. The molecule has 0 bridgehead atoms. The minimum atomic E-state index is -4.34. The van der Waals surface area contributed by atoms with E-state index >= 15 is 0 Å². The number of rotatable bonds is 17. The highest BCUT2D eigenvalue weighted by atomic mass is 32.5. The first-order valence-electron chi connectivity index (χ1n) is 19.7. The van der Waals surface area contributed by atoms with E-state index in [1.54, 1.807) is 0 Å². The molecular formula is C33H41N15O14P2S2. The number of aliphatic hydroxyl groups is 2. The zero-order valence-electron chi connectivity index (χ0n) is 34.1. The maximum Gasteiger partial charge on any atom is 0.325 e. The third kappa shape index (κ3) is 9.06. The van der Waals surface area contributed by atoms with Crippen molar-refractivity contribution in [1.82, 2.24) is 58.6 Å². The molecule has 354 valence electrons. The van der Waals surface area contributed by atoms with E-state index in [4.69, 9.17) is 77.9 Å².